The second-order valence-electron chi connectivity index (χ2n) is 5.67. The summed E-state index contributed by atoms with van der Waals surface area (Å²) < 4.78 is 19.4. The second-order valence-corrected chi connectivity index (χ2v) is 5.67. The lowest BCUT2D eigenvalue weighted by Gasteiger charge is -2.38. The van der Waals surface area contributed by atoms with Crippen molar-refractivity contribution in [2.24, 2.45) is 5.92 Å². The van der Waals surface area contributed by atoms with Gasteiger partial charge in [0.25, 0.3) is 0 Å². The van der Waals surface area contributed by atoms with E-state index in [1.165, 1.54) is 12.3 Å². The Morgan fingerprint density at radius 3 is 2.45 bits per heavy atom. The lowest BCUT2D eigenvalue weighted by molar-refractivity contribution is 0.0140. The summed E-state index contributed by atoms with van der Waals surface area (Å²) in [5.41, 5.74) is 0.150. The molecule has 0 amide bonds. The molecule has 1 aromatic carbocycles. The van der Waals surface area contributed by atoms with Crippen LogP contribution in [0.15, 0.2) is 48.7 Å². The number of nitrogens with zero attached hydrogens (tertiary/aromatic N) is 2. The Hall–Kier alpha value is -2.41. The van der Waals surface area contributed by atoms with E-state index in [0.29, 0.717) is 12.8 Å². The largest absolute Gasteiger partial charge is 0.481 e. The van der Waals surface area contributed by atoms with Crippen LogP contribution in [0.5, 0.6) is 5.75 Å². The third-order valence-corrected chi connectivity index (χ3v) is 4.23. The minimum Gasteiger partial charge on any atom is -0.481 e. The Morgan fingerprint density at radius 1 is 1.14 bits per heavy atom. The Labute approximate surface area is 129 Å². The Kier molecular flexibility index (Phi) is 4.06. The van der Waals surface area contributed by atoms with Crippen molar-refractivity contribution in [1.82, 2.24) is 4.98 Å². The first kappa shape index (κ1) is 14.5. The van der Waals surface area contributed by atoms with Crippen molar-refractivity contribution in [2.45, 2.75) is 31.3 Å². The van der Waals surface area contributed by atoms with Gasteiger partial charge in [-0.3, -0.25) is 4.98 Å². The molecule has 0 unspecified atom stereocenters. The predicted octanol–water partition coefficient (Wildman–Crippen LogP) is 4.21. The molecule has 0 spiro atoms. The van der Waals surface area contributed by atoms with Crippen LogP contribution < -0.4 is 4.74 Å². The van der Waals surface area contributed by atoms with Gasteiger partial charge >= 0.3 is 0 Å². The maximum absolute atomic E-state index is 13.2. The third-order valence-electron chi connectivity index (χ3n) is 4.23. The molecule has 3 nitrogen and oxygen atoms in total. The summed E-state index contributed by atoms with van der Waals surface area (Å²) in [4.78, 5) is 4.24. The Morgan fingerprint density at radius 2 is 1.86 bits per heavy atom. The SMILES string of the molecule is N#CC1CCC(Oc2ccccc2)(c2ccc(F)cn2)CC1. The first-order valence-electron chi connectivity index (χ1n) is 7.47. The number of hydrogen-bond acceptors (Lipinski definition) is 3. The average molecular weight is 296 g/mol. The maximum Gasteiger partial charge on any atom is 0.151 e. The van der Waals surface area contributed by atoms with E-state index >= 15 is 0 Å². The first-order valence-corrected chi connectivity index (χ1v) is 7.47. The van der Waals surface area contributed by atoms with Crippen molar-refractivity contribution in [3.63, 3.8) is 0 Å². The van der Waals surface area contributed by atoms with E-state index in [1.807, 2.05) is 30.3 Å². The van der Waals surface area contributed by atoms with E-state index in [2.05, 4.69) is 11.1 Å². The molecule has 0 aliphatic heterocycles. The summed E-state index contributed by atoms with van der Waals surface area (Å²) in [5.74, 6) is 0.473. The zero-order valence-corrected chi connectivity index (χ0v) is 12.2. The number of aromatic nitrogens is 1. The van der Waals surface area contributed by atoms with Crippen LogP contribution in [-0.4, -0.2) is 4.98 Å². The molecule has 1 saturated carbocycles. The van der Waals surface area contributed by atoms with E-state index in [1.54, 1.807) is 6.07 Å². The maximum atomic E-state index is 13.2. The number of halogens is 1. The molecule has 1 heterocycles. The highest BCUT2D eigenvalue weighted by Crippen LogP contribution is 2.42. The molecule has 3 rings (SSSR count). The van der Waals surface area contributed by atoms with E-state index in [9.17, 15) is 4.39 Å². The highest BCUT2D eigenvalue weighted by atomic mass is 19.1. The van der Waals surface area contributed by atoms with Crippen LogP contribution in [-0.2, 0) is 5.60 Å². The fourth-order valence-electron chi connectivity index (χ4n) is 2.98. The molecule has 0 radical (unpaired) electrons. The first-order chi connectivity index (χ1) is 10.7. The average Bonchev–Trinajstić information content (AvgIpc) is 2.57. The van der Waals surface area contributed by atoms with Gasteiger partial charge in [0.15, 0.2) is 5.60 Å². The van der Waals surface area contributed by atoms with Crippen molar-refractivity contribution in [3.8, 4) is 11.8 Å². The van der Waals surface area contributed by atoms with Crippen LogP contribution in [0.4, 0.5) is 4.39 Å². The lowest BCUT2D eigenvalue weighted by atomic mass is 9.77. The minimum absolute atomic E-state index is 0.0629. The normalized spacial score (nSPS) is 24.5. The Bertz CT molecular complexity index is 656. The number of rotatable bonds is 3. The van der Waals surface area contributed by atoms with Gasteiger partial charge in [-0.2, -0.15) is 5.26 Å². The molecule has 4 heteroatoms. The topological polar surface area (TPSA) is 45.9 Å². The summed E-state index contributed by atoms with van der Waals surface area (Å²) in [6.45, 7) is 0. The molecule has 0 saturated heterocycles. The smallest absolute Gasteiger partial charge is 0.151 e. The molecule has 112 valence electrons. The fraction of sp³-hybridized carbons (Fsp3) is 0.333. The zero-order chi connectivity index (χ0) is 15.4. The number of para-hydroxylation sites is 1. The minimum atomic E-state index is -0.581. The molecule has 0 N–H and O–H groups in total. The molecule has 1 fully saturated rings. The van der Waals surface area contributed by atoms with Crippen molar-refractivity contribution in [3.05, 3.63) is 60.2 Å². The predicted molar refractivity (Wildman–Crippen MR) is 80.5 cm³/mol. The second kappa shape index (κ2) is 6.15. The molecule has 0 atom stereocenters. The molecule has 2 aromatic rings. The van der Waals surface area contributed by atoms with Gasteiger partial charge in [-0.25, -0.2) is 4.39 Å². The number of benzene rings is 1. The number of pyridine rings is 1. The summed E-state index contributed by atoms with van der Waals surface area (Å²) in [6, 6.07) is 15.0. The molecule has 0 bridgehead atoms. The van der Waals surface area contributed by atoms with Gasteiger partial charge in [0, 0.05) is 5.92 Å². The van der Waals surface area contributed by atoms with Crippen molar-refractivity contribution < 1.29 is 9.13 Å². The van der Waals surface area contributed by atoms with Gasteiger partial charge in [-0.05, 0) is 49.9 Å². The highest BCUT2D eigenvalue weighted by Gasteiger charge is 2.40. The lowest BCUT2D eigenvalue weighted by Crippen LogP contribution is -2.38. The Balaban J connectivity index is 1.92. The van der Waals surface area contributed by atoms with Crippen molar-refractivity contribution in [1.29, 1.82) is 5.26 Å². The van der Waals surface area contributed by atoms with E-state index in [4.69, 9.17) is 10.00 Å². The molecule has 1 aromatic heterocycles. The van der Waals surface area contributed by atoms with Crippen LogP contribution in [0.25, 0.3) is 0 Å². The fourth-order valence-corrected chi connectivity index (χ4v) is 2.98. The van der Waals surface area contributed by atoms with Gasteiger partial charge in [-0.1, -0.05) is 18.2 Å². The standard InChI is InChI=1S/C18H17FN2O/c19-15-6-7-17(21-13-15)18(10-8-14(12-20)9-11-18)22-16-4-2-1-3-5-16/h1-7,13-14H,8-11H2. The molecule has 22 heavy (non-hydrogen) atoms. The molecular formula is C18H17FN2O. The summed E-state index contributed by atoms with van der Waals surface area (Å²) in [7, 11) is 0. The van der Waals surface area contributed by atoms with E-state index in [-0.39, 0.29) is 11.7 Å². The molecule has 1 aliphatic rings. The quantitative estimate of drug-likeness (QED) is 0.852. The highest BCUT2D eigenvalue weighted by molar-refractivity contribution is 5.25. The molecular weight excluding hydrogens is 279 g/mol. The van der Waals surface area contributed by atoms with Crippen LogP contribution in [0, 0.1) is 23.1 Å². The number of nitriles is 1. The van der Waals surface area contributed by atoms with Crippen LogP contribution >= 0.6 is 0 Å². The summed E-state index contributed by atoms with van der Waals surface area (Å²) in [5, 5.41) is 9.10. The summed E-state index contributed by atoms with van der Waals surface area (Å²) >= 11 is 0. The number of hydrogen-bond donors (Lipinski definition) is 0. The van der Waals surface area contributed by atoms with Gasteiger partial charge in [-0.15, -0.1) is 0 Å². The van der Waals surface area contributed by atoms with E-state index in [0.717, 1.165) is 24.3 Å². The van der Waals surface area contributed by atoms with Crippen LogP contribution in [0.2, 0.25) is 0 Å². The van der Waals surface area contributed by atoms with Gasteiger partial charge < -0.3 is 4.74 Å². The number of ether oxygens (including phenoxy) is 1. The third kappa shape index (κ3) is 2.94. The van der Waals surface area contributed by atoms with Crippen LogP contribution in [0.1, 0.15) is 31.4 Å². The summed E-state index contributed by atoms with van der Waals surface area (Å²) in [6.07, 6.45) is 4.17. The van der Waals surface area contributed by atoms with Gasteiger partial charge in [0.05, 0.1) is 18.0 Å². The van der Waals surface area contributed by atoms with Crippen molar-refractivity contribution in [2.75, 3.05) is 0 Å². The van der Waals surface area contributed by atoms with E-state index < -0.39 is 5.60 Å². The zero-order valence-electron chi connectivity index (χ0n) is 12.2. The van der Waals surface area contributed by atoms with Crippen molar-refractivity contribution >= 4 is 0 Å². The van der Waals surface area contributed by atoms with Crippen LogP contribution in [0.3, 0.4) is 0 Å². The van der Waals surface area contributed by atoms with Gasteiger partial charge in [0.1, 0.15) is 11.6 Å². The molecule has 1 aliphatic carbocycles. The van der Waals surface area contributed by atoms with Gasteiger partial charge in [0.2, 0.25) is 0 Å². The monoisotopic (exact) mass is 296 g/mol.